The number of hydrogen-bond donors (Lipinski definition) is 1. The first-order chi connectivity index (χ1) is 15.5. The topological polar surface area (TPSA) is 77.0 Å². The van der Waals surface area contributed by atoms with Crippen LogP contribution in [0.4, 0.5) is 0 Å². The molecule has 0 aromatic heterocycles. The highest BCUT2D eigenvalue weighted by molar-refractivity contribution is 6.42. The van der Waals surface area contributed by atoms with Gasteiger partial charge >= 0.3 is 5.97 Å². The predicted molar refractivity (Wildman–Crippen MR) is 125 cm³/mol. The van der Waals surface area contributed by atoms with E-state index in [0.717, 1.165) is 5.56 Å². The van der Waals surface area contributed by atoms with Crippen LogP contribution >= 0.6 is 23.2 Å². The fourth-order valence-electron chi connectivity index (χ4n) is 2.45. The van der Waals surface area contributed by atoms with Crippen molar-refractivity contribution < 1.29 is 19.1 Å². The molecule has 0 radical (unpaired) electrons. The van der Waals surface area contributed by atoms with Crippen LogP contribution in [0.25, 0.3) is 6.08 Å². The van der Waals surface area contributed by atoms with Crippen LogP contribution in [0, 0.1) is 0 Å². The zero-order chi connectivity index (χ0) is 22.8. The van der Waals surface area contributed by atoms with E-state index in [-0.39, 0.29) is 11.6 Å². The van der Waals surface area contributed by atoms with Crippen LogP contribution in [0.15, 0.2) is 84.0 Å². The van der Waals surface area contributed by atoms with Gasteiger partial charge in [-0.1, -0.05) is 59.6 Å². The molecule has 0 aliphatic heterocycles. The minimum absolute atomic E-state index is 0.238. The summed E-state index contributed by atoms with van der Waals surface area (Å²) in [4.78, 5) is 23.8. The van der Waals surface area contributed by atoms with E-state index in [1.54, 1.807) is 48.5 Å². The number of halogens is 2. The van der Waals surface area contributed by atoms with E-state index in [4.69, 9.17) is 32.7 Å². The highest BCUT2D eigenvalue weighted by Gasteiger charge is 2.07. The van der Waals surface area contributed by atoms with E-state index in [1.165, 1.54) is 12.3 Å². The van der Waals surface area contributed by atoms with Gasteiger partial charge in [0, 0.05) is 6.08 Å². The fourth-order valence-corrected chi connectivity index (χ4v) is 2.80. The Morgan fingerprint density at radius 1 is 0.906 bits per heavy atom. The summed E-state index contributed by atoms with van der Waals surface area (Å²) in [6, 6.07) is 21.0. The molecule has 0 saturated heterocycles. The number of benzene rings is 3. The Kier molecular flexibility index (Phi) is 8.43. The third-order valence-corrected chi connectivity index (χ3v) is 4.79. The Labute approximate surface area is 195 Å². The lowest BCUT2D eigenvalue weighted by atomic mass is 10.2. The lowest BCUT2D eigenvalue weighted by Gasteiger charge is -2.07. The largest absolute Gasteiger partial charge is 0.482 e. The van der Waals surface area contributed by atoms with Gasteiger partial charge in [-0.25, -0.2) is 10.2 Å². The second-order valence-electron chi connectivity index (χ2n) is 6.37. The van der Waals surface area contributed by atoms with Crippen molar-refractivity contribution in [2.75, 3.05) is 6.61 Å². The molecular weight excluding hydrogens is 451 g/mol. The van der Waals surface area contributed by atoms with Crippen molar-refractivity contribution >= 4 is 47.4 Å². The van der Waals surface area contributed by atoms with Gasteiger partial charge in [0.05, 0.1) is 11.2 Å². The summed E-state index contributed by atoms with van der Waals surface area (Å²) in [6.45, 7) is -0.275. The van der Waals surface area contributed by atoms with Gasteiger partial charge in [-0.3, -0.25) is 4.79 Å². The molecule has 0 aliphatic rings. The second-order valence-corrected chi connectivity index (χ2v) is 7.15. The molecule has 8 heteroatoms. The minimum Gasteiger partial charge on any atom is -0.482 e. The Morgan fingerprint density at radius 3 is 2.41 bits per heavy atom. The van der Waals surface area contributed by atoms with Crippen LogP contribution in [0.1, 0.15) is 11.1 Å². The van der Waals surface area contributed by atoms with Crippen molar-refractivity contribution in [3.05, 3.63) is 100 Å². The summed E-state index contributed by atoms with van der Waals surface area (Å²) in [6.07, 6.45) is 4.49. The summed E-state index contributed by atoms with van der Waals surface area (Å²) < 4.78 is 10.6. The number of esters is 1. The molecule has 32 heavy (non-hydrogen) atoms. The zero-order valence-electron chi connectivity index (χ0n) is 16.7. The molecule has 0 bridgehead atoms. The maximum Gasteiger partial charge on any atom is 0.336 e. The molecule has 6 nitrogen and oxygen atoms in total. The standard InChI is InChI=1S/C24H18Cl2N2O4/c25-20-7-4-8-21(24(20)26)31-16-22(29)28-27-15-18-9-12-19(13-10-18)32-23(30)14-11-17-5-2-1-3-6-17/h1-15H,16H2,(H,28,29)/b14-11+,27-15+. The number of carbonyl (C=O) groups excluding carboxylic acids is 2. The van der Waals surface area contributed by atoms with Crippen LogP contribution in [0.3, 0.4) is 0 Å². The van der Waals surface area contributed by atoms with E-state index < -0.39 is 11.9 Å². The Morgan fingerprint density at radius 2 is 1.66 bits per heavy atom. The lowest BCUT2D eigenvalue weighted by Crippen LogP contribution is -2.24. The van der Waals surface area contributed by atoms with Crippen LogP contribution in [-0.4, -0.2) is 24.7 Å². The van der Waals surface area contributed by atoms with Crippen LogP contribution < -0.4 is 14.9 Å². The number of rotatable bonds is 8. The molecule has 0 heterocycles. The summed E-state index contributed by atoms with van der Waals surface area (Å²) in [5, 5.41) is 4.44. The van der Waals surface area contributed by atoms with Gasteiger partial charge in [-0.05, 0) is 53.6 Å². The quantitative estimate of drug-likeness (QED) is 0.163. The number of nitrogens with zero attached hydrogens (tertiary/aromatic N) is 1. The van der Waals surface area contributed by atoms with Crippen molar-refractivity contribution in [2.24, 2.45) is 5.10 Å². The van der Waals surface area contributed by atoms with E-state index in [0.29, 0.717) is 22.1 Å². The fraction of sp³-hybridized carbons (Fsp3) is 0.0417. The highest BCUT2D eigenvalue weighted by atomic mass is 35.5. The van der Waals surface area contributed by atoms with Crippen molar-refractivity contribution in [1.82, 2.24) is 5.43 Å². The van der Waals surface area contributed by atoms with Crippen LogP contribution in [-0.2, 0) is 9.59 Å². The summed E-state index contributed by atoms with van der Waals surface area (Å²) >= 11 is 11.9. The molecule has 1 amide bonds. The molecule has 0 fully saturated rings. The first-order valence-electron chi connectivity index (χ1n) is 9.45. The molecule has 0 atom stereocenters. The number of carbonyl (C=O) groups is 2. The molecular formula is C24H18Cl2N2O4. The number of ether oxygens (including phenoxy) is 2. The van der Waals surface area contributed by atoms with Gasteiger partial charge in [0.1, 0.15) is 16.5 Å². The van der Waals surface area contributed by atoms with Gasteiger partial charge in [0.2, 0.25) is 0 Å². The van der Waals surface area contributed by atoms with Crippen molar-refractivity contribution in [1.29, 1.82) is 0 Å². The summed E-state index contributed by atoms with van der Waals surface area (Å²) in [5.74, 6) is -0.252. The van der Waals surface area contributed by atoms with E-state index in [2.05, 4.69) is 10.5 Å². The van der Waals surface area contributed by atoms with Crippen LogP contribution in [0.2, 0.25) is 10.0 Å². The summed E-state index contributed by atoms with van der Waals surface area (Å²) in [5.41, 5.74) is 3.95. The normalized spacial score (nSPS) is 10.9. The maximum atomic E-state index is 11.9. The van der Waals surface area contributed by atoms with Gasteiger partial charge in [0.25, 0.3) is 5.91 Å². The van der Waals surface area contributed by atoms with E-state index in [9.17, 15) is 9.59 Å². The van der Waals surface area contributed by atoms with Gasteiger partial charge in [0.15, 0.2) is 6.61 Å². The number of hydrogen-bond acceptors (Lipinski definition) is 5. The second kappa shape index (κ2) is 11.7. The Bertz CT molecular complexity index is 1130. The molecule has 1 N–H and O–H groups in total. The number of amides is 1. The molecule has 162 valence electrons. The minimum atomic E-state index is -0.484. The zero-order valence-corrected chi connectivity index (χ0v) is 18.2. The number of hydrazone groups is 1. The Hall–Kier alpha value is -3.61. The third-order valence-electron chi connectivity index (χ3n) is 3.99. The SMILES string of the molecule is O=C(COc1cccc(Cl)c1Cl)N/N=C/c1ccc(OC(=O)/C=C/c2ccccc2)cc1. The molecule has 3 aromatic rings. The molecule has 0 aliphatic carbocycles. The average Bonchev–Trinajstić information content (AvgIpc) is 2.80. The van der Waals surface area contributed by atoms with Gasteiger partial charge < -0.3 is 9.47 Å². The molecule has 3 rings (SSSR count). The summed E-state index contributed by atoms with van der Waals surface area (Å²) in [7, 11) is 0. The van der Waals surface area contributed by atoms with Crippen LogP contribution in [0.5, 0.6) is 11.5 Å². The predicted octanol–water partition coefficient (Wildman–Crippen LogP) is 5.14. The maximum absolute atomic E-state index is 11.9. The van der Waals surface area contributed by atoms with Crippen molar-refractivity contribution in [2.45, 2.75) is 0 Å². The van der Waals surface area contributed by atoms with E-state index >= 15 is 0 Å². The van der Waals surface area contributed by atoms with Gasteiger partial charge in [-0.2, -0.15) is 5.10 Å². The smallest absolute Gasteiger partial charge is 0.336 e. The first-order valence-corrected chi connectivity index (χ1v) is 10.2. The molecule has 0 unspecified atom stereocenters. The highest BCUT2D eigenvalue weighted by Crippen LogP contribution is 2.31. The third kappa shape index (κ3) is 7.27. The van der Waals surface area contributed by atoms with Crippen molar-refractivity contribution in [3.63, 3.8) is 0 Å². The molecule has 0 spiro atoms. The molecule has 0 saturated carbocycles. The average molecular weight is 469 g/mol. The van der Waals surface area contributed by atoms with Gasteiger partial charge in [-0.15, -0.1) is 0 Å². The first kappa shape index (κ1) is 23.1. The molecule has 3 aromatic carbocycles. The Balaban J connectivity index is 1.44. The van der Waals surface area contributed by atoms with E-state index in [1.807, 2.05) is 30.3 Å². The monoisotopic (exact) mass is 468 g/mol. The number of nitrogens with one attached hydrogen (secondary N) is 1. The lowest BCUT2D eigenvalue weighted by molar-refractivity contribution is -0.129. The van der Waals surface area contributed by atoms with Crippen molar-refractivity contribution in [3.8, 4) is 11.5 Å².